The number of nitrogens with zero attached hydrogens (tertiary/aromatic N) is 2. The van der Waals surface area contributed by atoms with Crippen molar-refractivity contribution in [2.75, 3.05) is 31.5 Å². The molecule has 10 heteroatoms. The Balaban J connectivity index is 1.22. The topological polar surface area (TPSA) is 88.7 Å². The number of nitrogens with one attached hydrogen (secondary N) is 2. The standard InChI is InChI=1S/C33H36Cl2N4O3S/c1-19-30(36-20(2)31(19)33(42)39-12-4-5-21(39)17-38-13-10-22(40)11-14-38)16-25-24-15-23(8-9-29(24)37-32(25)41)43-18-26-27(34)6-3-7-28(26)35/h3,6-9,15-16,21-22,36,40H,4-5,10-14,17-18H2,1-2H3,(H,37,41)/b25-16-. The van der Waals surface area contributed by atoms with Crippen molar-refractivity contribution < 1.29 is 14.7 Å². The summed E-state index contributed by atoms with van der Waals surface area (Å²) in [4.78, 5) is 35.8. The number of thioether (sulfide) groups is 1. The van der Waals surface area contributed by atoms with Crippen molar-refractivity contribution in [2.24, 2.45) is 0 Å². The number of aromatic nitrogens is 1. The number of hydrogen-bond donors (Lipinski definition) is 3. The predicted molar refractivity (Wildman–Crippen MR) is 175 cm³/mol. The predicted octanol–water partition coefficient (Wildman–Crippen LogP) is 6.78. The lowest BCUT2D eigenvalue weighted by Gasteiger charge is -2.34. The molecule has 0 radical (unpaired) electrons. The summed E-state index contributed by atoms with van der Waals surface area (Å²) in [6.07, 6.45) is 5.22. The van der Waals surface area contributed by atoms with Crippen molar-refractivity contribution in [3.05, 3.63) is 80.1 Å². The van der Waals surface area contributed by atoms with E-state index in [2.05, 4.69) is 15.2 Å². The summed E-state index contributed by atoms with van der Waals surface area (Å²) < 4.78 is 0. The fourth-order valence-corrected chi connectivity index (χ4v) is 8.12. The number of H-pyrrole nitrogens is 1. The molecule has 3 N–H and O–H groups in total. The molecule has 0 saturated carbocycles. The molecule has 3 aromatic rings. The summed E-state index contributed by atoms with van der Waals surface area (Å²) in [6.45, 7) is 7.21. The molecule has 226 valence electrons. The Morgan fingerprint density at radius 3 is 2.58 bits per heavy atom. The van der Waals surface area contributed by atoms with Crippen LogP contribution in [0.15, 0.2) is 41.3 Å². The third kappa shape index (κ3) is 6.26. The molecule has 2 amide bonds. The van der Waals surface area contributed by atoms with Crippen LogP contribution >= 0.6 is 35.0 Å². The largest absolute Gasteiger partial charge is 0.393 e. The normalized spacial score (nSPS) is 20.2. The molecule has 2 fully saturated rings. The quantitative estimate of drug-likeness (QED) is 0.196. The summed E-state index contributed by atoms with van der Waals surface area (Å²) in [5.74, 6) is 0.482. The Hall–Kier alpha value is -2.75. The van der Waals surface area contributed by atoms with Crippen LogP contribution < -0.4 is 5.32 Å². The lowest BCUT2D eigenvalue weighted by molar-refractivity contribution is -0.110. The number of anilines is 1. The van der Waals surface area contributed by atoms with Gasteiger partial charge >= 0.3 is 0 Å². The lowest BCUT2D eigenvalue weighted by Crippen LogP contribution is -2.46. The molecular weight excluding hydrogens is 603 g/mol. The first-order valence-corrected chi connectivity index (χ1v) is 16.6. The minimum absolute atomic E-state index is 0.0450. The van der Waals surface area contributed by atoms with Crippen molar-refractivity contribution in [3.8, 4) is 0 Å². The molecule has 1 atom stereocenters. The fraction of sp³-hybridized carbons (Fsp3) is 0.394. The van der Waals surface area contributed by atoms with E-state index in [-0.39, 0.29) is 24.0 Å². The zero-order valence-electron chi connectivity index (χ0n) is 24.4. The van der Waals surface area contributed by atoms with E-state index in [1.54, 1.807) is 11.8 Å². The van der Waals surface area contributed by atoms with Gasteiger partial charge in [0, 0.05) is 75.6 Å². The van der Waals surface area contributed by atoms with E-state index in [0.717, 1.165) is 90.5 Å². The number of amides is 2. The Morgan fingerprint density at radius 2 is 1.84 bits per heavy atom. The molecule has 2 saturated heterocycles. The third-order valence-electron chi connectivity index (χ3n) is 8.86. The second-order valence-corrected chi connectivity index (χ2v) is 13.6. The summed E-state index contributed by atoms with van der Waals surface area (Å²) in [7, 11) is 0. The average Bonchev–Trinajstić information content (AvgIpc) is 3.65. The molecule has 43 heavy (non-hydrogen) atoms. The van der Waals surface area contributed by atoms with E-state index in [9.17, 15) is 14.7 Å². The number of fused-ring (bicyclic) bond motifs is 1. The first-order valence-electron chi connectivity index (χ1n) is 14.8. The first kappa shape index (κ1) is 30.3. The van der Waals surface area contributed by atoms with Crippen molar-refractivity contribution >= 4 is 64.1 Å². The van der Waals surface area contributed by atoms with Crippen LogP contribution in [-0.4, -0.2) is 70.0 Å². The van der Waals surface area contributed by atoms with Gasteiger partial charge in [-0.15, -0.1) is 11.8 Å². The highest BCUT2D eigenvalue weighted by atomic mass is 35.5. The SMILES string of the molecule is Cc1[nH]c(/C=C2\C(=O)Nc3ccc(SCc4c(Cl)cccc4Cl)cc32)c(C)c1C(=O)N1CCCC1CN1CCC(O)CC1. The summed E-state index contributed by atoms with van der Waals surface area (Å²) in [6, 6.07) is 11.6. The molecule has 0 bridgehead atoms. The number of halogens is 2. The summed E-state index contributed by atoms with van der Waals surface area (Å²) in [5, 5.41) is 14.1. The minimum atomic E-state index is -0.206. The molecule has 2 aromatic carbocycles. The highest BCUT2D eigenvalue weighted by molar-refractivity contribution is 7.98. The number of aromatic amines is 1. The Bertz CT molecular complexity index is 1570. The molecule has 7 nitrogen and oxygen atoms in total. The number of carbonyl (C=O) groups is 2. The molecule has 6 rings (SSSR count). The Kier molecular flexibility index (Phi) is 8.94. The number of likely N-dealkylation sites (tertiary alicyclic amines) is 2. The van der Waals surface area contributed by atoms with Crippen LogP contribution in [0, 0.1) is 13.8 Å². The van der Waals surface area contributed by atoms with E-state index < -0.39 is 0 Å². The minimum Gasteiger partial charge on any atom is -0.393 e. The van der Waals surface area contributed by atoms with Crippen LogP contribution in [0.1, 0.15) is 64.1 Å². The number of benzene rings is 2. The van der Waals surface area contributed by atoms with E-state index in [4.69, 9.17) is 23.2 Å². The maximum Gasteiger partial charge on any atom is 0.256 e. The Morgan fingerprint density at radius 1 is 1.09 bits per heavy atom. The molecule has 3 aliphatic heterocycles. The van der Waals surface area contributed by atoms with Gasteiger partial charge in [0.1, 0.15) is 0 Å². The van der Waals surface area contributed by atoms with Crippen molar-refractivity contribution in [1.82, 2.24) is 14.8 Å². The van der Waals surface area contributed by atoms with E-state index in [1.165, 1.54) is 0 Å². The van der Waals surface area contributed by atoms with Gasteiger partial charge in [0.2, 0.25) is 0 Å². The summed E-state index contributed by atoms with van der Waals surface area (Å²) in [5.41, 5.74) is 6.13. The second-order valence-electron chi connectivity index (χ2n) is 11.7. The van der Waals surface area contributed by atoms with Gasteiger partial charge in [-0.25, -0.2) is 0 Å². The fourth-order valence-electron chi connectivity index (χ4n) is 6.45. The zero-order chi connectivity index (χ0) is 30.2. The smallest absolute Gasteiger partial charge is 0.256 e. The van der Waals surface area contributed by atoms with Gasteiger partial charge in [0.15, 0.2) is 0 Å². The Labute approximate surface area is 266 Å². The molecule has 0 aliphatic carbocycles. The van der Waals surface area contributed by atoms with Crippen molar-refractivity contribution in [2.45, 2.75) is 62.3 Å². The van der Waals surface area contributed by atoms with Crippen LogP contribution in [0.5, 0.6) is 0 Å². The molecule has 0 spiro atoms. The number of carbonyl (C=O) groups excluding carboxylic acids is 2. The van der Waals surface area contributed by atoms with Gasteiger partial charge in [-0.1, -0.05) is 29.3 Å². The number of aliphatic hydroxyl groups is 1. The molecule has 4 heterocycles. The number of hydrogen-bond acceptors (Lipinski definition) is 5. The van der Waals surface area contributed by atoms with E-state index >= 15 is 0 Å². The van der Waals surface area contributed by atoms with Gasteiger partial charge in [0.05, 0.1) is 17.2 Å². The van der Waals surface area contributed by atoms with Crippen LogP contribution in [0.25, 0.3) is 11.6 Å². The van der Waals surface area contributed by atoms with Crippen molar-refractivity contribution in [1.29, 1.82) is 0 Å². The van der Waals surface area contributed by atoms with Crippen molar-refractivity contribution in [3.63, 3.8) is 0 Å². The molecule has 3 aliphatic rings. The molecule has 1 unspecified atom stereocenters. The lowest BCUT2D eigenvalue weighted by atomic mass is 10.0. The maximum absolute atomic E-state index is 13.9. The number of piperidine rings is 1. The maximum atomic E-state index is 13.9. The van der Waals surface area contributed by atoms with Crippen LogP contribution in [0.2, 0.25) is 10.0 Å². The monoisotopic (exact) mass is 638 g/mol. The van der Waals surface area contributed by atoms with Gasteiger partial charge in [-0.3, -0.25) is 9.59 Å². The number of aryl methyl sites for hydroxylation is 1. The van der Waals surface area contributed by atoms with Crippen LogP contribution in [0.4, 0.5) is 5.69 Å². The number of aliphatic hydroxyl groups excluding tert-OH is 1. The van der Waals surface area contributed by atoms with Gasteiger partial charge < -0.3 is 25.2 Å². The van der Waals surface area contributed by atoms with Gasteiger partial charge in [0.25, 0.3) is 11.8 Å². The number of rotatable bonds is 7. The van der Waals surface area contributed by atoms with Gasteiger partial charge in [-0.05, 0) is 87.1 Å². The van der Waals surface area contributed by atoms with Crippen LogP contribution in [0.3, 0.4) is 0 Å². The van der Waals surface area contributed by atoms with Crippen LogP contribution in [-0.2, 0) is 10.5 Å². The molecule has 1 aromatic heterocycles. The highest BCUT2D eigenvalue weighted by Crippen LogP contribution is 2.39. The van der Waals surface area contributed by atoms with E-state index in [0.29, 0.717) is 26.9 Å². The average molecular weight is 640 g/mol. The van der Waals surface area contributed by atoms with E-state index in [1.807, 2.05) is 61.2 Å². The highest BCUT2D eigenvalue weighted by Gasteiger charge is 2.34. The third-order valence-corrected chi connectivity index (χ3v) is 10.6. The zero-order valence-corrected chi connectivity index (χ0v) is 26.7. The van der Waals surface area contributed by atoms with Gasteiger partial charge in [-0.2, -0.15) is 0 Å². The second kappa shape index (κ2) is 12.7. The summed E-state index contributed by atoms with van der Waals surface area (Å²) >= 11 is 14.3. The first-order chi connectivity index (χ1) is 20.7. The molecular formula is C33H36Cl2N4O3S.